The van der Waals surface area contributed by atoms with Gasteiger partial charge in [-0.2, -0.15) is 0 Å². The Bertz CT molecular complexity index is 375. The lowest BCUT2D eigenvalue weighted by Crippen LogP contribution is -2.32. The lowest BCUT2D eigenvalue weighted by atomic mass is 9.99. The highest BCUT2D eigenvalue weighted by atomic mass is 16.6. The van der Waals surface area contributed by atoms with Crippen LogP contribution in [0.25, 0.3) is 0 Å². The molecule has 1 fully saturated rings. The Morgan fingerprint density at radius 1 is 1.50 bits per heavy atom. The van der Waals surface area contributed by atoms with Crippen LogP contribution in [0.5, 0.6) is 0 Å². The molecule has 3 unspecified atom stereocenters. The van der Waals surface area contributed by atoms with Gasteiger partial charge in [-0.1, -0.05) is 36.8 Å². The fourth-order valence-electron chi connectivity index (χ4n) is 2.32. The van der Waals surface area contributed by atoms with Crippen LogP contribution in [0.15, 0.2) is 24.3 Å². The fraction of sp³-hybridized carbons (Fsp3) is 0.600. The van der Waals surface area contributed by atoms with Gasteiger partial charge in [0.2, 0.25) is 0 Å². The van der Waals surface area contributed by atoms with Gasteiger partial charge >= 0.3 is 0 Å². The highest BCUT2D eigenvalue weighted by Gasteiger charge is 2.26. The van der Waals surface area contributed by atoms with Gasteiger partial charge in [-0.15, -0.1) is 0 Å². The number of hydrogen-bond acceptors (Lipinski definition) is 3. The Labute approximate surface area is 109 Å². The van der Waals surface area contributed by atoms with E-state index in [1.807, 2.05) is 0 Å². The van der Waals surface area contributed by atoms with Crippen LogP contribution in [0.2, 0.25) is 0 Å². The molecule has 0 saturated carbocycles. The van der Waals surface area contributed by atoms with Gasteiger partial charge in [-0.05, 0) is 25.3 Å². The van der Waals surface area contributed by atoms with Crippen molar-refractivity contribution in [3.8, 4) is 0 Å². The quantitative estimate of drug-likeness (QED) is 0.872. The Hall–Kier alpha value is -0.900. The Kier molecular flexibility index (Phi) is 4.75. The molecule has 0 spiro atoms. The van der Waals surface area contributed by atoms with E-state index in [1.54, 1.807) is 0 Å². The van der Waals surface area contributed by atoms with Crippen LogP contribution in [0.4, 0.5) is 0 Å². The summed E-state index contributed by atoms with van der Waals surface area (Å²) in [6.45, 7) is 5.68. The minimum absolute atomic E-state index is 0.0263. The van der Waals surface area contributed by atoms with Gasteiger partial charge in [-0.25, -0.2) is 0 Å². The average Bonchev–Trinajstić information content (AvgIpc) is 2.88. The monoisotopic (exact) mass is 249 g/mol. The summed E-state index contributed by atoms with van der Waals surface area (Å²) >= 11 is 0. The van der Waals surface area contributed by atoms with Crippen molar-refractivity contribution < 1.29 is 9.47 Å². The standard InChI is InChI=1S/C15H23NO2/c1-3-14(16)15(18-13-7-8-17-10-13)12-6-4-5-11(2)9-12/h4-6,9,13-15H,3,7-8,10,16H2,1-2H3. The van der Waals surface area contributed by atoms with Crippen LogP contribution >= 0.6 is 0 Å². The fourth-order valence-corrected chi connectivity index (χ4v) is 2.32. The molecule has 18 heavy (non-hydrogen) atoms. The third-order valence-corrected chi connectivity index (χ3v) is 3.46. The second kappa shape index (κ2) is 6.32. The zero-order valence-corrected chi connectivity index (χ0v) is 11.3. The number of hydrogen-bond donors (Lipinski definition) is 1. The molecule has 0 aromatic heterocycles. The van der Waals surface area contributed by atoms with Crippen molar-refractivity contribution in [2.45, 2.75) is 44.9 Å². The molecule has 100 valence electrons. The van der Waals surface area contributed by atoms with E-state index in [-0.39, 0.29) is 18.2 Å². The first-order chi connectivity index (χ1) is 8.70. The molecule has 0 amide bonds. The molecule has 1 aromatic carbocycles. The summed E-state index contributed by atoms with van der Waals surface area (Å²) in [4.78, 5) is 0. The van der Waals surface area contributed by atoms with Gasteiger partial charge < -0.3 is 15.2 Å². The Balaban J connectivity index is 2.13. The normalized spacial score (nSPS) is 22.9. The number of rotatable bonds is 5. The molecule has 0 radical (unpaired) electrons. The minimum atomic E-state index is -0.0263. The van der Waals surface area contributed by atoms with E-state index in [0.29, 0.717) is 6.61 Å². The van der Waals surface area contributed by atoms with E-state index >= 15 is 0 Å². The predicted molar refractivity (Wildman–Crippen MR) is 72.5 cm³/mol. The summed E-state index contributed by atoms with van der Waals surface area (Å²) in [6, 6.07) is 8.46. The van der Waals surface area contributed by atoms with Crippen molar-refractivity contribution in [3.63, 3.8) is 0 Å². The number of aryl methyl sites for hydroxylation is 1. The molecular weight excluding hydrogens is 226 g/mol. The highest BCUT2D eigenvalue weighted by molar-refractivity contribution is 5.25. The number of benzene rings is 1. The van der Waals surface area contributed by atoms with Crippen molar-refractivity contribution in [2.24, 2.45) is 5.73 Å². The summed E-state index contributed by atoms with van der Waals surface area (Å²) in [5.74, 6) is 0. The first kappa shape index (κ1) is 13.5. The van der Waals surface area contributed by atoms with E-state index in [4.69, 9.17) is 15.2 Å². The molecule has 0 aliphatic carbocycles. The smallest absolute Gasteiger partial charge is 0.0980 e. The largest absolute Gasteiger partial charge is 0.379 e. The molecule has 2 rings (SSSR count). The van der Waals surface area contributed by atoms with Gasteiger partial charge in [0, 0.05) is 12.6 Å². The van der Waals surface area contributed by atoms with E-state index in [9.17, 15) is 0 Å². The third-order valence-electron chi connectivity index (χ3n) is 3.46. The van der Waals surface area contributed by atoms with E-state index in [0.717, 1.165) is 19.4 Å². The molecule has 2 N–H and O–H groups in total. The maximum Gasteiger partial charge on any atom is 0.0980 e. The van der Waals surface area contributed by atoms with Crippen LogP contribution in [-0.2, 0) is 9.47 Å². The van der Waals surface area contributed by atoms with Crippen LogP contribution in [0.3, 0.4) is 0 Å². The van der Waals surface area contributed by atoms with Crippen LogP contribution in [-0.4, -0.2) is 25.4 Å². The van der Waals surface area contributed by atoms with Gasteiger partial charge in [0.25, 0.3) is 0 Å². The molecular formula is C15H23NO2. The molecule has 3 nitrogen and oxygen atoms in total. The molecule has 1 aliphatic heterocycles. The molecule has 1 heterocycles. The van der Waals surface area contributed by atoms with Crippen LogP contribution in [0, 0.1) is 6.92 Å². The third kappa shape index (κ3) is 3.31. The molecule has 3 atom stereocenters. The Morgan fingerprint density at radius 3 is 2.94 bits per heavy atom. The number of ether oxygens (including phenoxy) is 2. The summed E-state index contributed by atoms with van der Waals surface area (Å²) in [5, 5.41) is 0. The SMILES string of the molecule is CCC(N)C(OC1CCOC1)c1cccc(C)c1. The average molecular weight is 249 g/mol. The molecule has 1 saturated heterocycles. The van der Waals surface area contributed by atoms with Crippen molar-refractivity contribution in [1.29, 1.82) is 0 Å². The predicted octanol–water partition coefficient (Wildman–Crippen LogP) is 2.58. The molecule has 1 aliphatic rings. The highest BCUT2D eigenvalue weighted by Crippen LogP contribution is 2.26. The van der Waals surface area contributed by atoms with Gasteiger partial charge in [-0.3, -0.25) is 0 Å². The van der Waals surface area contributed by atoms with E-state index in [2.05, 4.69) is 38.1 Å². The van der Waals surface area contributed by atoms with Crippen molar-refractivity contribution >= 4 is 0 Å². The van der Waals surface area contributed by atoms with Crippen molar-refractivity contribution in [3.05, 3.63) is 35.4 Å². The molecule has 0 bridgehead atoms. The lowest BCUT2D eigenvalue weighted by Gasteiger charge is -2.27. The van der Waals surface area contributed by atoms with Crippen LogP contribution < -0.4 is 5.73 Å². The maximum atomic E-state index is 6.21. The zero-order valence-electron chi connectivity index (χ0n) is 11.3. The van der Waals surface area contributed by atoms with Gasteiger partial charge in [0.05, 0.1) is 18.8 Å². The molecule has 1 aromatic rings. The summed E-state index contributed by atoms with van der Waals surface area (Å²) in [7, 11) is 0. The summed E-state index contributed by atoms with van der Waals surface area (Å²) in [5.41, 5.74) is 8.63. The first-order valence-corrected chi connectivity index (χ1v) is 6.76. The van der Waals surface area contributed by atoms with Crippen molar-refractivity contribution in [1.82, 2.24) is 0 Å². The second-order valence-corrected chi connectivity index (χ2v) is 5.03. The number of nitrogens with two attached hydrogens (primary N) is 1. The van der Waals surface area contributed by atoms with Crippen molar-refractivity contribution in [2.75, 3.05) is 13.2 Å². The summed E-state index contributed by atoms with van der Waals surface area (Å²) < 4.78 is 11.5. The first-order valence-electron chi connectivity index (χ1n) is 6.76. The Morgan fingerprint density at radius 2 is 2.33 bits per heavy atom. The van der Waals surface area contributed by atoms with Gasteiger partial charge in [0.1, 0.15) is 0 Å². The maximum absolute atomic E-state index is 6.21. The second-order valence-electron chi connectivity index (χ2n) is 5.03. The van der Waals surface area contributed by atoms with Crippen LogP contribution in [0.1, 0.15) is 37.0 Å². The lowest BCUT2D eigenvalue weighted by molar-refractivity contribution is -0.0301. The minimum Gasteiger partial charge on any atom is -0.379 e. The van der Waals surface area contributed by atoms with E-state index in [1.165, 1.54) is 11.1 Å². The van der Waals surface area contributed by atoms with E-state index < -0.39 is 0 Å². The molecule has 3 heteroatoms. The topological polar surface area (TPSA) is 44.5 Å². The zero-order chi connectivity index (χ0) is 13.0. The van der Waals surface area contributed by atoms with Gasteiger partial charge in [0.15, 0.2) is 0 Å². The summed E-state index contributed by atoms with van der Waals surface area (Å²) in [6.07, 6.45) is 2.04.